The van der Waals surface area contributed by atoms with Crippen LogP contribution in [0, 0.1) is 0 Å². The van der Waals surface area contributed by atoms with Crippen molar-refractivity contribution in [2.45, 2.75) is 103 Å². The highest BCUT2D eigenvalue weighted by Crippen LogP contribution is 2.33. The molecule has 0 N–H and O–H groups in total. The van der Waals surface area contributed by atoms with Gasteiger partial charge in [0.05, 0.1) is 35.4 Å². The van der Waals surface area contributed by atoms with Gasteiger partial charge >= 0.3 is 11.9 Å². The molecule has 2 heterocycles. The van der Waals surface area contributed by atoms with E-state index in [2.05, 4.69) is 0 Å². The molecule has 226 valence electrons. The third kappa shape index (κ3) is 6.38. The van der Waals surface area contributed by atoms with Gasteiger partial charge in [-0.15, -0.1) is 0 Å². The van der Waals surface area contributed by atoms with Gasteiger partial charge in [0.15, 0.2) is 0 Å². The number of amides is 4. The lowest BCUT2D eigenvalue weighted by molar-refractivity contribution is -0.176. The first kappa shape index (κ1) is 33.3. The number of carbonyl (C=O) groups excluding carboxylic acids is 6. The average Bonchev–Trinajstić information content (AvgIpc) is 2.87. The number of carbonyl (C=O) groups is 6. The van der Waals surface area contributed by atoms with E-state index in [9.17, 15) is 28.8 Å². The topological polar surface area (TPSA) is 134 Å². The smallest absolute Gasteiger partial charge is 0.326 e. The Morgan fingerprint density at radius 3 is 1.02 bits per heavy atom. The summed E-state index contributed by atoms with van der Waals surface area (Å²) in [7, 11) is 3.42. The number of likely N-dealkylation sites (N-methyl/N-ethyl adjacent to an activating group) is 2. The summed E-state index contributed by atoms with van der Waals surface area (Å²) in [6.45, 7) is 13.1. The van der Waals surface area contributed by atoms with E-state index < -0.39 is 70.8 Å². The van der Waals surface area contributed by atoms with Gasteiger partial charge in [0, 0.05) is 0 Å². The molecule has 0 aromatic heterocycles. The molecule has 4 amide bonds. The van der Waals surface area contributed by atoms with Crippen molar-refractivity contribution in [1.29, 1.82) is 0 Å². The van der Waals surface area contributed by atoms with Gasteiger partial charge in [-0.1, -0.05) is 0 Å². The summed E-state index contributed by atoms with van der Waals surface area (Å²) >= 11 is 0. The highest BCUT2D eigenvalue weighted by molar-refractivity contribution is 6.08. The van der Waals surface area contributed by atoms with Crippen LogP contribution >= 0.6 is 0 Å². The van der Waals surface area contributed by atoms with Gasteiger partial charge in [-0.2, -0.15) is 0 Å². The molecule has 0 aromatic rings. The first-order valence-electron chi connectivity index (χ1n) is 13.7. The molecule has 0 spiro atoms. The molecular weight excluding hydrogens is 520 g/mol. The van der Waals surface area contributed by atoms with Crippen LogP contribution < -0.4 is 0 Å². The number of unbranched alkanes of at least 4 members (excludes halogenated alkanes) is 3. The van der Waals surface area contributed by atoms with Crippen LogP contribution in [-0.4, -0.2) is 118 Å². The fourth-order valence-corrected chi connectivity index (χ4v) is 5.04. The lowest BCUT2D eigenvalue weighted by atomic mass is 9.87. The molecule has 2 fully saturated rings. The standard InChI is InChI=1S/C28H46N4O8/c1-25(2)21(35)31(22(36)26(3,4)29(25)9)17-19(33)39-15-13-11-12-14-16-40-20(34)18-32-23(37)27(5,6)30(10)28(7,8)24(32)38/h11-18H2,1-10H3. The monoisotopic (exact) mass is 566 g/mol. The Kier molecular flexibility index (Phi) is 9.95. The zero-order chi connectivity index (χ0) is 30.8. The number of ether oxygens (including phenoxy) is 2. The van der Waals surface area contributed by atoms with E-state index in [-0.39, 0.29) is 13.2 Å². The van der Waals surface area contributed by atoms with Crippen LogP contribution in [0.2, 0.25) is 0 Å². The van der Waals surface area contributed by atoms with Crippen molar-refractivity contribution in [3.05, 3.63) is 0 Å². The van der Waals surface area contributed by atoms with Gasteiger partial charge < -0.3 is 9.47 Å². The van der Waals surface area contributed by atoms with Gasteiger partial charge in [0.1, 0.15) is 13.1 Å². The largest absolute Gasteiger partial charge is 0.464 e. The summed E-state index contributed by atoms with van der Waals surface area (Å²) in [4.78, 5) is 81.3. The van der Waals surface area contributed by atoms with Gasteiger partial charge in [-0.3, -0.25) is 48.4 Å². The molecule has 0 radical (unpaired) electrons. The summed E-state index contributed by atoms with van der Waals surface area (Å²) in [6, 6.07) is 0. The lowest BCUT2D eigenvalue weighted by Crippen LogP contribution is -2.73. The van der Waals surface area contributed by atoms with Crippen molar-refractivity contribution < 1.29 is 38.2 Å². The SMILES string of the molecule is CN1C(C)(C)C(=O)N(CC(=O)OCCCCCCOC(=O)CN2C(=O)C(C)(C)N(C)C(C)(C)C2=O)C(=O)C1(C)C. The predicted octanol–water partition coefficient (Wildman–Crippen LogP) is 1.35. The fourth-order valence-electron chi connectivity index (χ4n) is 5.04. The Labute approximate surface area is 237 Å². The molecule has 0 unspecified atom stereocenters. The van der Waals surface area contributed by atoms with Gasteiger partial charge in [0.2, 0.25) is 23.6 Å². The summed E-state index contributed by atoms with van der Waals surface area (Å²) in [5.74, 6) is -3.07. The Hall–Kier alpha value is -2.86. The van der Waals surface area contributed by atoms with E-state index in [0.717, 1.165) is 9.80 Å². The molecule has 12 nitrogen and oxygen atoms in total. The van der Waals surface area contributed by atoms with Crippen LogP contribution in [0.15, 0.2) is 0 Å². The average molecular weight is 567 g/mol. The second kappa shape index (κ2) is 11.9. The van der Waals surface area contributed by atoms with E-state index >= 15 is 0 Å². The molecule has 2 saturated heterocycles. The molecule has 0 atom stereocenters. The van der Waals surface area contributed by atoms with Crippen molar-refractivity contribution in [2.24, 2.45) is 0 Å². The third-order valence-corrected chi connectivity index (χ3v) is 8.57. The maximum atomic E-state index is 12.8. The number of esters is 2. The van der Waals surface area contributed by atoms with Crippen LogP contribution in [-0.2, 0) is 38.2 Å². The number of nitrogens with zero attached hydrogens (tertiary/aromatic N) is 4. The highest BCUT2D eigenvalue weighted by atomic mass is 16.5. The quantitative estimate of drug-likeness (QED) is 0.205. The Morgan fingerprint density at radius 2 is 0.775 bits per heavy atom. The number of hydrogen-bond donors (Lipinski definition) is 0. The summed E-state index contributed by atoms with van der Waals surface area (Å²) in [6.07, 6.45) is 2.54. The zero-order valence-electron chi connectivity index (χ0n) is 25.7. The van der Waals surface area contributed by atoms with Gasteiger partial charge in [-0.25, -0.2) is 0 Å². The Balaban J connectivity index is 1.68. The van der Waals surface area contributed by atoms with Crippen molar-refractivity contribution in [3.8, 4) is 0 Å². The zero-order valence-corrected chi connectivity index (χ0v) is 25.7. The van der Waals surface area contributed by atoms with Crippen molar-refractivity contribution in [1.82, 2.24) is 19.6 Å². The maximum absolute atomic E-state index is 12.8. The summed E-state index contributed by atoms with van der Waals surface area (Å²) < 4.78 is 10.5. The molecule has 12 heteroatoms. The number of rotatable bonds is 11. The molecule has 0 aliphatic carbocycles. The molecular formula is C28H46N4O8. The molecule has 0 bridgehead atoms. The van der Waals surface area contributed by atoms with Crippen LogP contribution in [0.3, 0.4) is 0 Å². The first-order chi connectivity index (χ1) is 18.2. The number of piperazine rings is 2. The van der Waals surface area contributed by atoms with E-state index in [0.29, 0.717) is 25.7 Å². The Morgan fingerprint density at radius 1 is 0.525 bits per heavy atom. The molecule has 2 rings (SSSR count). The van der Waals surface area contributed by atoms with Crippen LogP contribution in [0.4, 0.5) is 0 Å². The second-order valence-corrected chi connectivity index (χ2v) is 12.6. The molecule has 2 aliphatic heterocycles. The van der Waals surface area contributed by atoms with Crippen molar-refractivity contribution in [3.63, 3.8) is 0 Å². The third-order valence-electron chi connectivity index (χ3n) is 8.57. The number of imide groups is 2. The highest BCUT2D eigenvalue weighted by Gasteiger charge is 2.55. The lowest BCUT2D eigenvalue weighted by Gasteiger charge is -2.51. The molecule has 40 heavy (non-hydrogen) atoms. The minimum absolute atomic E-state index is 0.140. The van der Waals surface area contributed by atoms with Crippen LogP contribution in [0.25, 0.3) is 0 Å². The molecule has 2 aliphatic rings. The minimum Gasteiger partial charge on any atom is -0.464 e. The van der Waals surface area contributed by atoms with Gasteiger partial charge in [-0.05, 0) is 95.2 Å². The minimum atomic E-state index is -0.941. The van der Waals surface area contributed by atoms with Crippen LogP contribution in [0.1, 0.15) is 81.1 Å². The van der Waals surface area contributed by atoms with E-state index in [1.165, 1.54) is 0 Å². The maximum Gasteiger partial charge on any atom is 0.326 e. The van der Waals surface area contributed by atoms with E-state index in [1.807, 2.05) is 0 Å². The number of hydrogen-bond acceptors (Lipinski definition) is 10. The normalized spacial score (nSPS) is 22.4. The predicted molar refractivity (Wildman–Crippen MR) is 146 cm³/mol. The van der Waals surface area contributed by atoms with E-state index in [1.54, 1.807) is 79.3 Å². The second-order valence-electron chi connectivity index (χ2n) is 12.6. The van der Waals surface area contributed by atoms with Crippen molar-refractivity contribution >= 4 is 35.6 Å². The molecule has 0 saturated carbocycles. The summed E-state index contributed by atoms with van der Waals surface area (Å²) in [5, 5.41) is 0. The summed E-state index contributed by atoms with van der Waals surface area (Å²) in [5.41, 5.74) is -3.76. The van der Waals surface area contributed by atoms with E-state index in [4.69, 9.17) is 9.47 Å². The Bertz CT molecular complexity index is 911. The van der Waals surface area contributed by atoms with Gasteiger partial charge in [0.25, 0.3) is 0 Å². The first-order valence-corrected chi connectivity index (χ1v) is 13.7. The van der Waals surface area contributed by atoms with Crippen LogP contribution in [0.5, 0.6) is 0 Å². The molecule has 0 aromatic carbocycles. The van der Waals surface area contributed by atoms with Crippen molar-refractivity contribution in [2.75, 3.05) is 40.4 Å². The fraction of sp³-hybridized carbons (Fsp3) is 0.786.